The summed E-state index contributed by atoms with van der Waals surface area (Å²) in [4.78, 5) is 36.8. The number of rotatable bonds is 3. The molecule has 0 atom stereocenters. The highest BCUT2D eigenvalue weighted by molar-refractivity contribution is 8.05. The van der Waals surface area contributed by atoms with Crippen LogP contribution in [0.3, 0.4) is 0 Å². The SMILES string of the molecule is CC(=O)OCc1cn(C(C)=O)c2c1SC(=Cc1ccccc1)C2=O. The van der Waals surface area contributed by atoms with Crippen LogP contribution in [0.5, 0.6) is 0 Å². The molecule has 0 bridgehead atoms. The van der Waals surface area contributed by atoms with Gasteiger partial charge in [-0.3, -0.25) is 19.0 Å². The first-order valence-electron chi connectivity index (χ1n) is 7.35. The van der Waals surface area contributed by atoms with Crippen LogP contribution in [0, 0.1) is 0 Å². The summed E-state index contributed by atoms with van der Waals surface area (Å²) in [6.07, 6.45) is 3.37. The van der Waals surface area contributed by atoms with Gasteiger partial charge in [0.15, 0.2) is 0 Å². The minimum Gasteiger partial charge on any atom is -0.461 e. The molecule has 0 unspecified atom stereocenters. The number of allylic oxidation sites excluding steroid dienone is 1. The maximum absolute atomic E-state index is 12.7. The summed E-state index contributed by atoms with van der Waals surface area (Å²) in [6, 6.07) is 9.50. The predicted octanol–water partition coefficient (Wildman–Crippen LogP) is 3.54. The standard InChI is InChI=1S/C18H15NO4S/c1-11(20)19-9-14(10-23-12(2)21)18-16(19)17(22)15(24-18)8-13-6-4-3-5-7-13/h3-9H,10H2,1-2H3. The Morgan fingerprint density at radius 2 is 1.92 bits per heavy atom. The van der Waals surface area contributed by atoms with Crippen LogP contribution in [0.15, 0.2) is 46.3 Å². The van der Waals surface area contributed by atoms with Crippen molar-refractivity contribution in [2.45, 2.75) is 25.3 Å². The first-order valence-corrected chi connectivity index (χ1v) is 8.17. The molecule has 24 heavy (non-hydrogen) atoms. The number of carbonyl (C=O) groups excluding carboxylic acids is 3. The molecule has 0 saturated carbocycles. The van der Waals surface area contributed by atoms with E-state index < -0.39 is 5.97 Å². The van der Waals surface area contributed by atoms with E-state index in [0.717, 1.165) is 5.56 Å². The van der Waals surface area contributed by atoms with Crippen LogP contribution in [-0.2, 0) is 16.1 Å². The number of ether oxygens (including phenoxy) is 1. The molecular formula is C18H15NO4S. The number of fused-ring (bicyclic) bond motifs is 1. The lowest BCUT2D eigenvalue weighted by Crippen LogP contribution is -2.11. The van der Waals surface area contributed by atoms with Gasteiger partial charge in [-0.1, -0.05) is 42.1 Å². The molecule has 6 heteroatoms. The average molecular weight is 341 g/mol. The minimum absolute atomic E-state index is 0.0385. The molecule has 0 radical (unpaired) electrons. The van der Waals surface area contributed by atoms with E-state index >= 15 is 0 Å². The average Bonchev–Trinajstić information content (AvgIpc) is 3.05. The minimum atomic E-state index is -0.409. The molecule has 3 rings (SSSR count). The smallest absolute Gasteiger partial charge is 0.302 e. The molecule has 1 aliphatic rings. The van der Waals surface area contributed by atoms with Crippen molar-refractivity contribution in [3.63, 3.8) is 0 Å². The van der Waals surface area contributed by atoms with Crippen LogP contribution in [0.2, 0.25) is 0 Å². The van der Waals surface area contributed by atoms with Gasteiger partial charge >= 0.3 is 5.97 Å². The summed E-state index contributed by atoms with van der Waals surface area (Å²) in [5.41, 5.74) is 1.91. The molecule has 1 aliphatic heterocycles. The van der Waals surface area contributed by atoms with E-state index in [1.807, 2.05) is 30.3 Å². The first kappa shape index (κ1) is 16.3. The van der Waals surface area contributed by atoms with Crippen molar-refractivity contribution in [3.05, 3.63) is 58.3 Å². The Kier molecular flexibility index (Phi) is 4.40. The maximum Gasteiger partial charge on any atom is 0.302 e. The van der Waals surface area contributed by atoms with Gasteiger partial charge in [0.1, 0.15) is 12.3 Å². The molecule has 1 aromatic heterocycles. The van der Waals surface area contributed by atoms with E-state index in [4.69, 9.17) is 4.74 Å². The van der Waals surface area contributed by atoms with E-state index in [2.05, 4.69) is 0 Å². The first-order chi connectivity index (χ1) is 11.5. The van der Waals surface area contributed by atoms with E-state index in [1.165, 1.54) is 30.2 Å². The molecule has 0 saturated heterocycles. The summed E-state index contributed by atoms with van der Waals surface area (Å²) in [6.45, 7) is 2.75. The van der Waals surface area contributed by atoms with Crippen molar-refractivity contribution in [1.29, 1.82) is 0 Å². The van der Waals surface area contributed by atoms with E-state index in [9.17, 15) is 14.4 Å². The molecule has 0 amide bonds. The van der Waals surface area contributed by atoms with Gasteiger partial charge in [-0.05, 0) is 11.6 Å². The third kappa shape index (κ3) is 3.05. The molecule has 0 fully saturated rings. The number of Topliss-reactive ketones (excluding diaryl/α,β-unsaturated/α-hetero) is 1. The number of hydrogen-bond acceptors (Lipinski definition) is 5. The largest absolute Gasteiger partial charge is 0.461 e. The molecule has 5 nitrogen and oxygen atoms in total. The fraction of sp³-hybridized carbons (Fsp3) is 0.167. The van der Waals surface area contributed by atoms with Gasteiger partial charge in [-0.25, -0.2) is 0 Å². The summed E-state index contributed by atoms with van der Waals surface area (Å²) >= 11 is 1.30. The number of nitrogens with zero attached hydrogens (tertiary/aromatic N) is 1. The van der Waals surface area contributed by atoms with Crippen LogP contribution in [0.4, 0.5) is 0 Å². The fourth-order valence-corrected chi connectivity index (χ4v) is 3.60. The highest BCUT2D eigenvalue weighted by Crippen LogP contribution is 2.44. The molecule has 122 valence electrons. The number of esters is 1. The third-order valence-corrected chi connectivity index (χ3v) is 4.73. The van der Waals surface area contributed by atoms with Crippen molar-refractivity contribution in [1.82, 2.24) is 4.57 Å². The zero-order chi connectivity index (χ0) is 17.3. The highest BCUT2D eigenvalue weighted by atomic mass is 32.2. The van der Waals surface area contributed by atoms with Gasteiger partial charge < -0.3 is 4.74 Å². The number of carbonyl (C=O) groups is 3. The van der Waals surface area contributed by atoms with Gasteiger partial charge in [0.2, 0.25) is 11.7 Å². The summed E-state index contributed by atoms with van der Waals surface area (Å²) in [7, 11) is 0. The Labute approximate surface area is 143 Å². The summed E-state index contributed by atoms with van der Waals surface area (Å²) < 4.78 is 6.36. The predicted molar refractivity (Wildman–Crippen MR) is 90.8 cm³/mol. The Morgan fingerprint density at radius 1 is 1.21 bits per heavy atom. The zero-order valence-electron chi connectivity index (χ0n) is 13.2. The topological polar surface area (TPSA) is 65.4 Å². The summed E-state index contributed by atoms with van der Waals surface area (Å²) in [5.74, 6) is -0.855. The molecular weight excluding hydrogens is 326 g/mol. The molecule has 0 N–H and O–H groups in total. The van der Waals surface area contributed by atoms with Crippen LogP contribution >= 0.6 is 11.8 Å². The van der Waals surface area contributed by atoms with E-state index in [-0.39, 0.29) is 18.3 Å². The Bertz CT molecular complexity index is 865. The van der Waals surface area contributed by atoms with Crippen LogP contribution < -0.4 is 0 Å². The third-order valence-electron chi connectivity index (χ3n) is 3.55. The highest BCUT2D eigenvalue weighted by Gasteiger charge is 2.34. The number of benzene rings is 1. The van der Waals surface area contributed by atoms with Gasteiger partial charge in [0.25, 0.3) is 0 Å². The Hall–Kier alpha value is -2.60. The van der Waals surface area contributed by atoms with Crippen LogP contribution in [0.25, 0.3) is 6.08 Å². The molecule has 2 aromatic rings. The number of ketones is 1. The van der Waals surface area contributed by atoms with Gasteiger partial charge in [0, 0.05) is 30.5 Å². The molecule has 1 aromatic carbocycles. The second-order valence-electron chi connectivity index (χ2n) is 5.35. The fourth-order valence-electron chi connectivity index (χ4n) is 2.47. The monoisotopic (exact) mass is 341 g/mol. The maximum atomic E-state index is 12.7. The lowest BCUT2D eigenvalue weighted by atomic mass is 10.1. The number of thioether (sulfide) groups is 1. The molecule has 2 heterocycles. The van der Waals surface area contributed by atoms with Crippen molar-refractivity contribution < 1.29 is 19.1 Å². The normalized spacial score (nSPS) is 14.8. The second kappa shape index (κ2) is 6.49. The zero-order valence-corrected chi connectivity index (χ0v) is 14.1. The van der Waals surface area contributed by atoms with Crippen molar-refractivity contribution in [2.75, 3.05) is 0 Å². The van der Waals surface area contributed by atoms with Gasteiger partial charge in [0.05, 0.1) is 4.91 Å². The van der Waals surface area contributed by atoms with E-state index in [0.29, 0.717) is 21.1 Å². The second-order valence-corrected chi connectivity index (χ2v) is 6.40. The molecule has 0 aliphatic carbocycles. The summed E-state index contributed by atoms with van der Waals surface area (Å²) in [5, 5.41) is 0. The number of hydrogen-bond donors (Lipinski definition) is 0. The van der Waals surface area contributed by atoms with Crippen molar-refractivity contribution in [2.24, 2.45) is 0 Å². The van der Waals surface area contributed by atoms with Gasteiger partial charge in [-0.15, -0.1) is 0 Å². The van der Waals surface area contributed by atoms with E-state index in [1.54, 1.807) is 12.3 Å². The molecule has 0 spiro atoms. The quantitative estimate of drug-likeness (QED) is 0.631. The lowest BCUT2D eigenvalue weighted by Gasteiger charge is -2.03. The number of aromatic nitrogens is 1. The Balaban J connectivity index is 2.00. The Morgan fingerprint density at radius 3 is 2.54 bits per heavy atom. The van der Waals surface area contributed by atoms with Crippen molar-refractivity contribution >= 4 is 35.5 Å². The van der Waals surface area contributed by atoms with Crippen LogP contribution in [0.1, 0.15) is 40.3 Å². The van der Waals surface area contributed by atoms with Crippen LogP contribution in [-0.4, -0.2) is 22.2 Å². The van der Waals surface area contributed by atoms with Crippen molar-refractivity contribution in [3.8, 4) is 0 Å². The lowest BCUT2D eigenvalue weighted by molar-refractivity contribution is -0.142. The van der Waals surface area contributed by atoms with Gasteiger partial charge in [-0.2, -0.15) is 0 Å².